The number of aliphatic imine (C=N–C) groups is 1. The van der Waals surface area contributed by atoms with Gasteiger partial charge in [0.15, 0.2) is 0 Å². The van der Waals surface area contributed by atoms with Gasteiger partial charge in [0.2, 0.25) is 0 Å². The van der Waals surface area contributed by atoms with Gasteiger partial charge >= 0.3 is 11.9 Å². The van der Waals surface area contributed by atoms with E-state index in [1.165, 1.54) is 11.3 Å². The summed E-state index contributed by atoms with van der Waals surface area (Å²) in [6.45, 7) is 7.53. The van der Waals surface area contributed by atoms with Crippen LogP contribution in [0.2, 0.25) is 5.02 Å². The van der Waals surface area contributed by atoms with Gasteiger partial charge in [0.1, 0.15) is 10.9 Å². The second-order valence-corrected chi connectivity index (χ2v) is 9.61. The van der Waals surface area contributed by atoms with Gasteiger partial charge < -0.3 is 9.47 Å². The molecule has 2 heterocycles. The maximum atomic E-state index is 13.2. The van der Waals surface area contributed by atoms with Gasteiger partial charge in [0.25, 0.3) is 0 Å². The van der Waals surface area contributed by atoms with E-state index in [-0.39, 0.29) is 13.2 Å². The van der Waals surface area contributed by atoms with E-state index in [0.29, 0.717) is 22.0 Å². The van der Waals surface area contributed by atoms with Gasteiger partial charge in [0, 0.05) is 38.9 Å². The lowest BCUT2D eigenvalue weighted by Gasteiger charge is -2.32. The summed E-state index contributed by atoms with van der Waals surface area (Å²) in [5, 5.41) is 3.42. The van der Waals surface area contributed by atoms with Crippen molar-refractivity contribution in [2.75, 3.05) is 13.2 Å². The van der Waals surface area contributed by atoms with E-state index in [2.05, 4.69) is 4.99 Å². The fraction of sp³-hybridized carbons (Fsp3) is 0.286. The highest BCUT2D eigenvalue weighted by atomic mass is 35.5. The van der Waals surface area contributed by atoms with Crippen LogP contribution in [0, 0.1) is 5.92 Å². The summed E-state index contributed by atoms with van der Waals surface area (Å²) in [6.07, 6.45) is 0. The summed E-state index contributed by atoms with van der Waals surface area (Å²) in [7, 11) is 0. The number of carbonyl (C=O) groups excluding carboxylic acids is 2. The van der Waals surface area contributed by atoms with Crippen LogP contribution in [0.25, 0.3) is 21.8 Å². The predicted octanol–water partition coefficient (Wildman–Crippen LogP) is 6.71. The van der Waals surface area contributed by atoms with E-state index in [1.807, 2.05) is 53.9 Å². The van der Waals surface area contributed by atoms with Crippen molar-refractivity contribution in [1.82, 2.24) is 4.98 Å². The van der Waals surface area contributed by atoms with Gasteiger partial charge in [-0.3, -0.25) is 9.79 Å². The van der Waals surface area contributed by atoms with E-state index in [9.17, 15) is 9.59 Å². The third-order valence-corrected chi connectivity index (χ3v) is 7.16. The van der Waals surface area contributed by atoms with Crippen molar-refractivity contribution < 1.29 is 19.1 Å². The maximum Gasteiger partial charge on any atom is 0.336 e. The molecule has 186 valence electrons. The lowest BCUT2D eigenvalue weighted by molar-refractivity contribution is -0.146. The van der Waals surface area contributed by atoms with Crippen LogP contribution in [0.15, 0.2) is 70.2 Å². The molecule has 6 nitrogen and oxygen atoms in total. The first-order valence-corrected chi connectivity index (χ1v) is 13.0. The summed E-state index contributed by atoms with van der Waals surface area (Å²) >= 11 is 7.54. The number of thiazole rings is 1. The Hall–Kier alpha value is -3.29. The molecule has 0 fully saturated rings. The molecular weight excluding hydrogens is 496 g/mol. The SMILES string of the molecule is CCOC(=O)C1=C(C)N=C(C)C(C(=O)OCC)C1c1ccccc1-c1nc(-c2ccc(Cl)cc2)cs1. The first kappa shape index (κ1) is 25.8. The van der Waals surface area contributed by atoms with Crippen molar-refractivity contribution in [2.45, 2.75) is 33.6 Å². The van der Waals surface area contributed by atoms with E-state index >= 15 is 0 Å². The van der Waals surface area contributed by atoms with E-state index < -0.39 is 23.8 Å². The molecule has 0 aliphatic carbocycles. The Morgan fingerprint density at radius 1 is 1.00 bits per heavy atom. The fourth-order valence-corrected chi connectivity index (χ4v) is 5.50. The molecule has 36 heavy (non-hydrogen) atoms. The zero-order valence-corrected chi connectivity index (χ0v) is 22.2. The van der Waals surface area contributed by atoms with Gasteiger partial charge in [-0.15, -0.1) is 11.3 Å². The molecule has 1 aliphatic rings. The minimum atomic E-state index is -0.759. The molecule has 2 aromatic carbocycles. The van der Waals surface area contributed by atoms with Crippen molar-refractivity contribution in [3.8, 4) is 21.8 Å². The van der Waals surface area contributed by atoms with Crippen LogP contribution < -0.4 is 0 Å². The minimum absolute atomic E-state index is 0.216. The minimum Gasteiger partial charge on any atom is -0.465 e. The van der Waals surface area contributed by atoms with Crippen LogP contribution in [-0.4, -0.2) is 35.8 Å². The van der Waals surface area contributed by atoms with Gasteiger partial charge in [-0.2, -0.15) is 0 Å². The second-order valence-electron chi connectivity index (χ2n) is 8.31. The number of halogens is 1. The van der Waals surface area contributed by atoms with Crippen LogP contribution >= 0.6 is 22.9 Å². The van der Waals surface area contributed by atoms with E-state index in [4.69, 9.17) is 26.1 Å². The molecule has 2 atom stereocenters. The Morgan fingerprint density at radius 2 is 1.69 bits per heavy atom. The third-order valence-electron chi connectivity index (χ3n) is 6.03. The summed E-state index contributed by atoms with van der Waals surface area (Å²) in [5.41, 5.74) is 4.90. The summed E-state index contributed by atoms with van der Waals surface area (Å²) in [4.78, 5) is 35.8. The summed E-state index contributed by atoms with van der Waals surface area (Å²) in [6, 6.07) is 15.2. The quantitative estimate of drug-likeness (QED) is 0.322. The number of rotatable bonds is 7. The molecule has 3 aromatic rings. The van der Waals surface area contributed by atoms with Crippen molar-refractivity contribution in [2.24, 2.45) is 10.9 Å². The summed E-state index contributed by atoms with van der Waals surface area (Å²) in [5.74, 6) is -2.29. The van der Waals surface area contributed by atoms with Crippen LogP contribution in [0.3, 0.4) is 0 Å². The Kier molecular flexibility index (Phi) is 8.01. The molecule has 0 spiro atoms. The number of nitrogens with zero attached hydrogens (tertiary/aromatic N) is 2. The Bertz CT molecular complexity index is 1340. The lowest BCUT2D eigenvalue weighted by atomic mass is 9.74. The number of ether oxygens (including phenoxy) is 2. The monoisotopic (exact) mass is 522 g/mol. The molecule has 0 saturated heterocycles. The molecule has 1 aromatic heterocycles. The molecule has 0 bridgehead atoms. The predicted molar refractivity (Wildman–Crippen MR) is 143 cm³/mol. The highest BCUT2D eigenvalue weighted by Gasteiger charge is 2.43. The number of hydrogen-bond donors (Lipinski definition) is 0. The average Bonchev–Trinajstić information content (AvgIpc) is 3.34. The zero-order valence-electron chi connectivity index (χ0n) is 20.6. The fourth-order valence-electron chi connectivity index (χ4n) is 4.50. The topological polar surface area (TPSA) is 77.8 Å². The smallest absolute Gasteiger partial charge is 0.336 e. The summed E-state index contributed by atoms with van der Waals surface area (Å²) < 4.78 is 10.8. The van der Waals surface area contributed by atoms with Gasteiger partial charge in [-0.25, -0.2) is 9.78 Å². The first-order valence-electron chi connectivity index (χ1n) is 11.8. The van der Waals surface area contributed by atoms with Gasteiger partial charge in [-0.05, 0) is 45.4 Å². The number of carbonyl (C=O) groups is 2. The van der Waals surface area contributed by atoms with Crippen molar-refractivity contribution >= 4 is 40.6 Å². The largest absolute Gasteiger partial charge is 0.465 e. The standard InChI is InChI=1S/C28H27ClN2O4S/c1-5-34-27(32)23-16(3)30-17(4)24(28(33)35-6-2)25(23)20-9-7-8-10-21(20)26-31-22(15-36-26)18-11-13-19(29)14-12-18/h7-15,23,25H,5-6H2,1-4H3. The van der Waals surface area contributed by atoms with Crippen molar-refractivity contribution in [3.63, 3.8) is 0 Å². The van der Waals surface area contributed by atoms with E-state index in [0.717, 1.165) is 27.4 Å². The highest BCUT2D eigenvalue weighted by Crippen LogP contribution is 2.44. The number of aromatic nitrogens is 1. The Labute approximate surface area is 219 Å². The van der Waals surface area contributed by atoms with Crippen molar-refractivity contribution in [1.29, 1.82) is 0 Å². The van der Waals surface area contributed by atoms with Gasteiger partial charge in [0.05, 0.1) is 24.5 Å². The normalized spacial score (nSPS) is 17.5. The number of hydrogen-bond acceptors (Lipinski definition) is 7. The molecule has 1 aliphatic heterocycles. The molecular formula is C28H27ClN2O4S. The molecule has 0 saturated carbocycles. The average molecular weight is 523 g/mol. The first-order chi connectivity index (χ1) is 17.3. The zero-order chi connectivity index (χ0) is 25.8. The molecule has 2 unspecified atom stereocenters. The van der Waals surface area contributed by atoms with Crippen LogP contribution in [0.1, 0.15) is 39.2 Å². The molecule has 8 heteroatoms. The molecule has 4 rings (SSSR count). The lowest BCUT2D eigenvalue weighted by Crippen LogP contribution is -2.36. The van der Waals surface area contributed by atoms with Crippen molar-refractivity contribution in [3.05, 3.63) is 75.8 Å². The van der Waals surface area contributed by atoms with Crippen LogP contribution in [-0.2, 0) is 19.1 Å². The number of allylic oxidation sites excluding steroid dienone is 1. The van der Waals surface area contributed by atoms with Gasteiger partial charge in [-0.1, -0.05) is 48.0 Å². The molecule has 0 radical (unpaired) electrons. The number of benzene rings is 2. The van der Waals surface area contributed by atoms with E-state index in [1.54, 1.807) is 27.7 Å². The van der Waals surface area contributed by atoms with Crippen LogP contribution in [0.4, 0.5) is 0 Å². The van der Waals surface area contributed by atoms with Crippen LogP contribution in [0.5, 0.6) is 0 Å². The third kappa shape index (κ3) is 5.13. The highest BCUT2D eigenvalue weighted by molar-refractivity contribution is 7.13. The maximum absolute atomic E-state index is 13.2. The Morgan fingerprint density at radius 3 is 2.39 bits per heavy atom. The molecule has 0 N–H and O–H groups in total. The second kappa shape index (κ2) is 11.2. The Balaban J connectivity index is 1.86. The number of esters is 2. The molecule has 0 amide bonds.